The molecule has 0 radical (unpaired) electrons. The topological polar surface area (TPSA) is 90.7 Å². The number of fused-ring (bicyclic) bond motifs is 2. The normalized spacial score (nSPS) is 20.2. The van der Waals surface area contributed by atoms with Crippen LogP contribution in [0.3, 0.4) is 0 Å². The minimum Gasteiger partial charge on any atom is -0.465 e. The molecule has 0 spiro atoms. The highest BCUT2D eigenvalue weighted by Gasteiger charge is 2.32. The Morgan fingerprint density at radius 2 is 1.83 bits per heavy atom. The zero-order valence-corrected chi connectivity index (χ0v) is 23.4. The number of rotatable bonds is 5. The SMILES string of the molecule is CC(=O)N1Cc2cc([C@H]3CC[C@@H](NC(=O)O)CC3)cc(N3CCCc4cc(-c5cnn(C)c5)c(C(F)F)cc43)c2C1. The zero-order valence-electron chi connectivity index (χ0n) is 23.4. The van der Waals surface area contributed by atoms with Crippen LogP contribution in [0.2, 0.25) is 0 Å². The van der Waals surface area contributed by atoms with Gasteiger partial charge in [0.2, 0.25) is 5.91 Å². The number of anilines is 2. The van der Waals surface area contributed by atoms with Crippen LogP contribution in [0.1, 0.15) is 79.2 Å². The third kappa shape index (κ3) is 5.27. The number of hydrogen-bond donors (Lipinski definition) is 2. The van der Waals surface area contributed by atoms with Gasteiger partial charge in [0.05, 0.1) is 6.20 Å². The molecule has 8 nitrogen and oxygen atoms in total. The van der Waals surface area contributed by atoms with Crippen LogP contribution in [0.4, 0.5) is 25.0 Å². The molecule has 1 saturated carbocycles. The van der Waals surface area contributed by atoms with Gasteiger partial charge < -0.3 is 20.2 Å². The second-order valence-electron chi connectivity index (χ2n) is 11.6. The average Bonchev–Trinajstić information content (AvgIpc) is 3.58. The molecule has 3 aromatic rings. The van der Waals surface area contributed by atoms with Gasteiger partial charge in [-0.1, -0.05) is 6.07 Å². The van der Waals surface area contributed by atoms with E-state index in [1.54, 1.807) is 37.1 Å². The van der Waals surface area contributed by atoms with E-state index in [-0.39, 0.29) is 23.4 Å². The molecule has 3 heterocycles. The Morgan fingerprint density at radius 3 is 2.49 bits per heavy atom. The second kappa shape index (κ2) is 10.8. The fourth-order valence-electron chi connectivity index (χ4n) is 6.85. The molecule has 0 unspecified atom stereocenters. The lowest BCUT2D eigenvalue weighted by atomic mass is 9.80. The quantitative estimate of drug-likeness (QED) is 0.382. The highest BCUT2D eigenvalue weighted by molar-refractivity contribution is 5.80. The summed E-state index contributed by atoms with van der Waals surface area (Å²) in [6.07, 6.45) is 4.70. The Balaban J connectivity index is 1.41. The maximum Gasteiger partial charge on any atom is 0.404 e. The van der Waals surface area contributed by atoms with Gasteiger partial charge >= 0.3 is 6.09 Å². The molecule has 0 bridgehead atoms. The van der Waals surface area contributed by atoms with Gasteiger partial charge in [0.1, 0.15) is 0 Å². The van der Waals surface area contributed by atoms with Crippen molar-refractivity contribution in [3.05, 3.63) is 64.5 Å². The summed E-state index contributed by atoms with van der Waals surface area (Å²) in [5.41, 5.74) is 7.35. The molecular formula is C31H35F2N5O3. The smallest absolute Gasteiger partial charge is 0.404 e. The van der Waals surface area contributed by atoms with Crippen molar-refractivity contribution in [2.24, 2.45) is 7.05 Å². The lowest BCUT2D eigenvalue weighted by molar-refractivity contribution is -0.129. The van der Waals surface area contributed by atoms with Gasteiger partial charge in [0, 0.05) is 73.9 Å². The van der Waals surface area contributed by atoms with Crippen molar-refractivity contribution in [3.63, 3.8) is 0 Å². The van der Waals surface area contributed by atoms with E-state index in [1.807, 2.05) is 11.0 Å². The fourth-order valence-corrected chi connectivity index (χ4v) is 6.85. The summed E-state index contributed by atoms with van der Waals surface area (Å²) < 4.78 is 30.6. The summed E-state index contributed by atoms with van der Waals surface area (Å²) in [6, 6.07) is 7.92. The number of aryl methyl sites for hydroxylation is 2. The number of carbonyl (C=O) groups excluding carboxylic acids is 1. The monoisotopic (exact) mass is 563 g/mol. The van der Waals surface area contributed by atoms with E-state index >= 15 is 0 Å². The number of nitrogens with one attached hydrogen (secondary N) is 1. The first-order valence-corrected chi connectivity index (χ1v) is 14.3. The highest BCUT2D eigenvalue weighted by Crippen LogP contribution is 2.45. The Kier molecular flexibility index (Phi) is 7.17. The number of amides is 2. The average molecular weight is 564 g/mol. The molecular weight excluding hydrogens is 528 g/mol. The molecule has 1 aliphatic carbocycles. The molecule has 10 heteroatoms. The van der Waals surface area contributed by atoms with Gasteiger partial charge in [-0.05, 0) is 84.9 Å². The number of carboxylic acid groups (broad SMARTS) is 1. The van der Waals surface area contributed by atoms with E-state index in [4.69, 9.17) is 5.11 Å². The summed E-state index contributed by atoms with van der Waals surface area (Å²) in [6.45, 7) is 3.31. The first-order chi connectivity index (χ1) is 19.7. The van der Waals surface area contributed by atoms with Crippen LogP contribution < -0.4 is 10.2 Å². The lowest BCUT2D eigenvalue weighted by Crippen LogP contribution is -2.36. The van der Waals surface area contributed by atoms with Crippen LogP contribution in [0.5, 0.6) is 0 Å². The van der Waals surface area contributed by atoms with Crippen molar-refractivity contribution in [2.45, 2.75) is 76.9 Å². The second-order valence-corrected chi connectivity index (χ2v) is 11.6. The van der Waals surface area contributed by atoms with Crippen LogP contribution in [-0.4, -0.2) is 44.4 Å². The molecule has 2 amide bonds. The van der Waals surface area contributed by atoms with Gasteiger partial charge in [0.15, 0.2) is 0 Å². The molecule has 41 heavy (non-hydrogen) atoms. The number of alkyl halides is 2. The van der Waals surface area contributed by atoms with Gasteiger partial charge in [-0.2, -0.15) is 5.10 Å². The lowest BCUT2D eigenvalue weighted by Gasteiger charge is -2.35. The minimum absolute atomic E-state index is 0.00827. The first kappa shape index (κ1) is 27.2. The molecule has 3 aliphatic rings. The predicted octanol–water partition coefficient (Wildman–Crippen LogP) is 6.26. The first-order valence-electron chi connectivity index (χ1n) is 14.3. The van der Waals surface area contributed by atoms with E-state index in [9.17, 15) is 18.4 Å². The van der Waals surface area contributed by atoms with E-state index in [0.29, 0.717) is 30.8 Å². The van der Waals surface area contributed by atoms with Crippen molar-refractivity contribution in [1.82, 2.24) is 20.0 Å². The Hall–Kier alpha value is -3.95. The molecule has 0 atom stereocenters. The van der Waals surface area contributed by atoms with E-state index in [2.05, 4.69) is 27.4 Å². The molecule has 6 rings (SSSR count). The van der Waals surface area contributed by atoms with Crippen LogP contribution in [0, 0.1) is 0 Å². The molecule has 2 aromatic carbocycles. The van der Waals surface area contributed by atoms with Gasteiger partial charge in [-0.3, -0.25) is 9.48 Å². The summed E-state index contributed by atoms with van der Waals surface area (Å²) >= 11 is 0. The summed E-state index contributed by atoms with van der Waals surface area (Å²) in [7, 11) is 1.78. The highest BCUT2D eigenvalue weighted by atomic mass is 19.3. The Bertz CT molecular complexity index is 1500. The standard InChI is InChI=1S/C31H35F2N5O3/c1-18(39)37-16-22-10-21(19-5-7-24(8-6-19)35-31(40)41)12-29(27(22)17-37)38-9-3-4-20-11-25(23-14-34-36(2)15-23)26(30(32)33)13-28(20)38/h10-15,19,24,30,35H,3-9,16-17H2,1-2H3,(H,40,41)/t19-,24+. The van der Waals surface area contributed by atoms with Crippen molar-refractivity contribution >= 4 is 23.4 Å². The van der Waals surface area contributed by atoms with Crippen LogP contribution >= 0.6 is 0 Å². The maximum absolute atomic E-state index is 14.5. The predicted molar refractivity (Wildman–Crippen MR) is 151 cm³/mol. The molecule has 1 aromatic heterocycles. The largest absolute Gasteiger partial charge is 0.465 e. The number of aromatic nitrogens is 2. The van der Waals surface area contributed by atoms with Gasteiger partial charge in [-0.25, -0.2) is 13.6 Å². The molecule has 2 aliphatic heterocycles. The van der Waals surface area contributed by atoms with Crippen LogP contribution in [0.15, 0.2) is 36.7 Å². The molecule has 2 N–H and O–H groups in total. The van der Waals surface area contributed by atoms with E-state index < -0.39 is 12.5 Å². The van der Waals surface area contributed by atoms with Crippen molar-refractivity contribution in [3.8, 4) is 11.1 Å². The van der Waals surface area contributed by atoms with Crippen molar-refractivity contribution < 1.29 is 23.5 Å². The van der Waals surface area contributed by atoms with Gasteiger partial charge in [-0.15, -0.1) is 0 Å². The number of benzene rings is 2. The Labute approximate surface area is 237 Å². The fraction of sp³-hybridized carbons (Fsp3) is 0.452. The molecule has 1 fully saturated rings. The summed E-state index contributed by atoms with van der Waals surface area (Å²) in [5, 5.41) is 15.9. The number of halogens is 2. The summed E-state index contributed by atoms with van der Waals surface area (Å²) in [4.78, 5) is 27.5. The third-order valence-corrected chi connectivity index (χ3v) is 8.93. The molecule has 0 saturated heterocycles. The van der Waals surface area contributed by atoms with Crippen molar-refractivity contribution in [1.29, 1.82) is 0 Å². The zero-order chi connectivity index (χ0) is 28.8. The maximum atomic E-state index is 14.5. The number of carbonyl (C=O) groups is 2. The number of nitrogens with zero attached hydrogens (tertiary/aromatic N) is 4. The third-order valence-electron chi connectivity index (χ3n) is 8.93. The van der Waals surface area contributed by atoms with Crippen LogP contribution in [-0.2, 0) is 31.4 Å². The van der Waals surface area contributed by atoms with E-state index in [0.717, 1.165) is 66.6 Å². The van der Waals surface area contributed by atoms with Crippen molar-refractivity contribution in [2.75, 3.05) is 11.4 Å². The summed E-state index contributed by atoms with van der Waals surface area (Å²) in [5.74, 6) is 0.278. The van der Waals surface area contributed by atoms with Gasteiger partial charge in [0.25, 0.3) is 6.43 Å². The molecule has 216 valence electrons. The van der Waals surface area contributed by atoms with Crippen LogP contribution in [0.25, 0.3) is 11.1 Å². The Morgan fingerprint density at radius 1 is 1.05 bits per heavy atom. The number of hydrogen-bond acceptors (Lipinski definition) is 4. The minimum atomic E-state index is -2.64. The van der Waals surface area contributed by atoms with E-state index in [1.165, 1.54) is 5.56 Å².